The van der Waals surface area contributed by atoms with E-state index in [4.69, 9.17) is 0 Å². The van der Waals surface area contributed by atoms with Gasteiger partial charge < -0.3 is 0 Å². The first-order valence-corrected chi connectivity index (χ1v) is 10.9. The average Bonchev–Trinajstić information content (AvgIpc) is 3.10. The maximum atomic E-state index is 13.6. The van der Waals surface area contributed by atoms with E-state index in [1.807, 2.05) is 0 Å². The Bertz CT molecular complexity index is 1140. The number of carbonyl (C=O) groups excluding carboxylic acids is 1. The van der Waals surface area contributed by atoms with E-state index in [1.54, 1.807) is 17.5 Å². The van der Waals surface area contributed by atoms with Gasteiger partial charge in [0.25, 0.3) is 5.91 Å². The van der Waals surface area contributed by atoms with E-state index in [1.165, 1.54) is 32.0 Å². The number of nitrogens with zero attached hydrogens (tertiary/aromatic N) is 1. The van der Waals surface area contributed by atoms with E-state index in [0.717, 1.165) is 23.5 Å². The first-order chi connectivity index (χ1) is 13.7. The molecule has 0 fully saturated rings. The summed E-state index contributed by atoms with van der Waals surface area (Å²) in [6.45, 7) is 2.93. The standard InChI is InChI=1S/C19H17F2N3O3S2/c1-11(2)29(26,27)24-16-9-14(21)7-8-15(16)18(25)23-19-22-17(10-28-19)12-3-5-13(20)6-4-12/h3-11,24H,1-2H3,(H,22,23,25). The summed E-state index contributed by atoms with van der Waals surface area (Å²) in [6.07, 6.45) is 0. The molecule has 3 aromatic rings. The highest BCUT2D eigenvalue weighted by Crippen LogP contribution is 2.27. The molecule has 6 nitrogen and oxygen atoms in total. The Kier molecular flexibility index (Phi) is 5.94. The van der Waals surface area contributed by atoms with Gasteiger partial charge in [0.15, 0.2) is 5.13 Å². The van der Waals surface area contributed by atoms with Crippen molar-refractivity contribution in [3.8, 4) is 11.3 Å². The van der Waals surface area contributed by atoms with Crippen molar-refractivity contribution >= 4 is 38.1 Å². The number of nitrogens with one attached hydrogen (secondary N) is 2. The second-order valence-electron chi connectivity index (χ2n) is 6.38. The Balaban J connectivity index is 1.84. The monoisotopic (exact) mass is 437 g/mol. The normalized spacial score (nSPS) is 11.5. The summed E-state index contributed by atoms with van der Waals surface area (Å²) in [5.41, 5.74) is 1.01. The second-order valence-corrected chi connectivity index (χ2v) is 9.48. The van der Waals surface area contributed by atoms with Crippen LogP contribution >= 0.6 is 11.3 Å². The van der Waals surface area contributed by atoms with Gasteiger partial charge in [0.2, 0.25) is 10.0 Å². The molecule has 3 rings (SSSR count). The van der Waals surface area contributed by atoms with Gasteiger partial charge in [-0.05, 0) is 56.3 Å². The highest BCUT2D eigenvalue weighted by Gasteiger charge is 2.21. The minimum Gasteiger partial charge on any atom is -0.298 e. The van der Waals surface area contributed by atoms with Crippen molar-refractivity contribution < 1.29 is 22.0 Å². The zero-order chi connectivity index (χ0) is 21.2. The van der Waals surface area contributed by atoms with Gasteiger partial charge in [-0.3, -0.25) is 14.8 Å². The maximum absolute atomic E-state index is 13.6. The first-order valence-electron chi connectivity index (χ1n) is 8.50. The molecular weight excluding hydrogens is 420 g/mol. The third kappa shape index (κ3) is 4.96. The predicted octanol–water partition coefficient (Wildman–Crippen LogP) is 4.49. The Morgan fingerprint density at radius 1 is 1.07 bits per heavy atom. The minimum atomic E-state index is -3.77. The molecule has 0 aliphatic carbocycles. The van der Waals surface area contributed by atoms with E-state index < -0.39 is 27.0 Å². The molecule has 1 heterocycles. The number of anilines is 2. The van der Waals surface area contributed by atoms with Crippen LogP contribution in [0.25, 0.3) is 11.3 Å². The van der Waals surface area contributed by atoms with E-state index >= 15 is 0 Å². The smallest absolute Gasteiger partial charge is 0.259 e. The minimum absolute atomic E-state index is 0.0471. The third-order valence-electron chi connectivity index (χ3n) is 3.96. The highest BCUT2D eigenvalue weighted by molar-refractivity contribution is 7.93. The number of thiazole rings is 1. The number of aromatic nitrogens is 1. The molecule has 0 atom stereocenters. The van der Waals surface area contributed by atoms with Crippen molar-refractivity contribution in [3.05, 3.63) is 65.0 Å². The van der Waals surface area contributed by atoms with Gasteiger partial charge in [-0.1, -0.05) is 0 Å². The van der Waals surface area contributed by atoms with Gasteiger partial charge in [0.1, 0.15) is 11.6 Å². The molecule has 1 aromatic heterocycles. The summed E-state index contributed by atoms with van der Waals surface area (Å²) in [5.74, 6) is -1.70. The van der Waals surface area contributed by atoms with E-state index in [0.29, 0.717) is 11.3 Å². The number of sulfonamides is 1. The molecule has 1 amide bonds. The summed E-state index contributed by atoms with van der Waals surface area (Å²) in [4.78, 5) is 16.9. The van der Waals surface area contributed by atoms with Crippen LogP contribution in [0, 0.1) is 11.6 Å². The Labute approximate surface area is 170 Å². The summed E-state index contributed by atoms with van der Waals surface area (Å²) >= 11 is 1.15. The number of hydrogen-bond acceptors (Lipinski definition) is 5. The van der Waals surface area contributed by atoms with E-state index in [-0.39, 0.29) is 22.2 Å². The number of hydrogen-bond donors (Lipinski definition) is 2. The molecule has 2 N–H and O–H groups in total. The number of carbonyl (C=O) groups is 1. The fourth-order valence-electron chi connectivity index (χ4n) is 2.32. The molecule has 0 radical (unpaired) electrons. The van der Waals surface area contributed by atoms with Gasteiger partial charge in [0, 0.05) is 10.9 Å². The molecule has 2 aromatic carbocycles. The Morgan fingerprint density at radius 2 is 1.72 bits per heavy atom. The molecule has 29 heavy (non-hydrogen) atoms. The van der Waals surface area contributed by atoms with Crippen LogP contribution in [-0.4, -0.2) is 24.6 Å². The SMILES string of the molecule is CC(C)S(=O)(=O)Nc1cc(F)ccc1C(=O)Nc1nc(-c2ccc(F)cc2)cs1. The van der Waals surface area contributed by atoms with Crippen LogP contribution in [0.15, 0.2) is 47.8 Å². The Morgan fingerprint density at radius 3 is 2.38 bits per heavy atom. The molecule has 0 unspecified atom stereocenters. The molecule has 0 aliphatic rings. The maximum Gasteiger partial charge on any atom is 0.259 e. The summed E-state index contributed by atoms with van der Waals surface area (Å²) in [6, 6.07) is 8.94. The van der Waals surface area contributed by atoms with Gasteiger partial charge in [-0.25, -0.2) is 22.2 Å². The van der Waals surface area contributed by atoms with Crippen molar-refractivity contribution in [1.82, 2.24) is 4.98 Å². The number of rotatable bonds is 6. The van der Waals surface area contributed by atoms with Crippen LogP contribution < -0.4 is 10.0 Å². The van der Waals surface area contributed by atoms with Gasteiger partial charge in [0.05, 0.1) is 22.2 Å². The van der Waals surface area contributed by atoms with Crippen molar-refractivity contribution in [3.63, 3.8) is 0 Å². The van der Waals surface area contributed by atoms with Crippen LogP contribution in [0.3, 0.4) is 0 Å². The first kappa shape index (κ1) is 20.9. The fourth-order valence-corrected chi connectivity index (χ4v) is 3.74. The summed E-state index contributed by atoms with van der Waals surface area (Å²) < 4.78 is 53.2. The van der Waals surface area contributed by atoms with Crippen molar-refractivity contribution in [1.29, 1.82) is 0 Å². The van der Waals surface area contributed by atoms with Crippen LogP contribution in [-0.2, 0) is 10.0 Å². The molecule has 10 heteroatoms. The number of amides is 1. The fraction of sp³-hybridized carbons (Fsp3) is 0.158. The number of halogens is 2. The Hall–Kier alpha value is -2.85. The highest BCUT2D eigenvalue weighted by atomic mass is 32.2. The van der Waals surface area contributed by atoms with Crippen LogP contribution in [0.2, 0.25) is 0 Å². The lowest BCUT2D eigenvalue weighted by atomic mass is 10.1. The van der Waals surface area contributed by atoms with Crippen LogP contribution in [0.5, 0.6) is 0 Å². The molecular formula is C19H17F2N3O3S2. The van der Waals surface area contributed by atoms with Crippen LogP contribution in [0.4, 0.5) is 19.6 Å². The lowest BCUT2D eigenvalue weighted by Gasteiger charge is -2.14. The summed E-state index contributed by atoms with van der Waals surface area (Å²) in [5, 5.41) is 3.76. The zero-order valence-corrected chi connectivity index (χ0v) is 17.1. The quantitative estimate of drug-likeness (QED) is 0.595. The molecule has 0 saturated carbocycles. The van der Waals surface area contributed by atoms with E-state index in [2.05, 4.69) is 15.0 Å². The van der Waals surface area contributed by atoms with Crippen molar-refractivity contribution in [2.45, 2.75) is 19.1 Å². The molecule has 0 spiro atoms. The predicted molar refractivity (Wildman–Crippen MR) is 110 cm³/mol. The molecule has 0 saturated heterocycles. The topological polar surface area (TPSA) is 88.2 Å². The third-order valence-corrected chi connectivity index (χ3v) is 6.47. The zero-order valence-electron chi connectivity index (χ0n) is 15.4. The largest absolute Gasteiger partial charge is 0.298 e. The van der Waals surface area contributed by atoms with Gasteiger partial charge >= 0.3 is 0 Å². The van der Waals surface area contributed by atoms with Gasteiger partial charge in [-0.2, -0.15) is 0 Å². The van der Waals surface area contributed by atoms with Crippen LogP contribution in [0.1, 0.15) is 24.2 Å². The lowest BCUT2D eigenvalue weighted by Crippen LogP contribution is -2.24. The molecule has 152 valence electrons. The average molecular weight is 437 g/mol. The summed E-state index contributed by atoms with van der Waals surface area (Å²) in [7, 11) is -3.77. The molecule has 0 bridgehead atoms. The second kappa shape index (κ2) is 8.26. The molecule has 0 aliphatic heterocycles. The number of benzene rings is 2. The van der Waals surface area contributed by atoms with Crippen molar-refractivity contribution in [2.24, 2.45) is 0 Å². The van der Waals surface area contributed by atoms with E-state index in [9.17, 15) is 22.0 Å². The van der Waals surface area contributed by atoms with Gasteiger partial charge in [-0.15, -0.1) is 11.3 Å². The van der Waals surface area contributed by atoms with Crippen molar-refractivity contribution in [2.75, 3.05) is 10.0 Å². The lowest BCUT2D eigenvalue weighted by molar-refractivity contribution is 0.102.